The van der Waals surface area contributed by atoms with Crippen molar-refractivity contribution in [2.24, 2.45) is 5.73 Å². The van der Waals surface area contributed by atoms with Gasteiger partial charge in [-0.2, -0.15) is 0 Å². The van der Waals surface area contributed by atoms with E-state index in [1.54, 1.807) is 0 Å². The van der Waals surface area contributed by atoms with Gasteiger partial charge in [0.15, 0.2) is 0 Å². The average Bonchev–Trinajstić information content (AvgIpc) is 1.88. The number of nitrogens with two attached hydrogens (primary N) is 1. The molecular weight excluding hydrogens is 130 g/mol. The number of carbonyl (C=O) groups excluding carboxylic acids is 1. The summed E-state index contributed by atoms with van der Waals surface area (Å²) >= 11 is 0. The van der Waals surface area contributed by atoms with Crippen LogP contribution >= 0.6 is 0 Å². The van der Waals surface area contributed by atoms with Crippen LogP contribution in [0.2, 0.25) is 0 Å². The third kappa shape index (κ3) is 3.93. The minimum Gasteiger partial charge on any atom is -0.469 e. The molecule has 0 rings (SSSR count). The van der Waals surface area contributed by atoms with Crippen LogP contribution in [0.25, 0.3) is 0 Å². The van der Waals surface area contributed by atoms with Crippen molar-refractivity contribution in [2.75, 3.05) is 7.11 Å². The molecular formula is C7H11NO2. The minimum absolute atomic E-state index is 0.195. The highest BCUT2D eigenvalue weighted by molar-refractivity contribution is 5.69. The summed E-state index contributed by atoms with van der Waals surface area (Å²) in [5.41, 5.74) is 5.42. The monoisotopic (exact) mass is 141 g/mol. The van der Waals surface area contributed by atoms with E-state index in [-0.39, 0.29) is 18.4 Å². The summed E-state index contributed by atoms with van der Waals surface area (Å²) in [6.45, 7) is 0. The molecule has 10 heavy (non-hydrogen) atoms. The highest BCUT2D eigenvalue weighted by atomic mass is 16.5. The first-order valence-corrected chi connectivity index (χ1v) is 2.96. The largest absolute Gasteiger partial charge is 0.469 e. The van der Waals surface area contributed by atoms with Crippen molar-refractivity contribution < 1.29 is 9.53 Å². The molecule has 0 aliphatic heterocycles. The number of terminal acetylenes is 1. The summed E-state index contributed by atoms with van der Waals surface area (Å²) in [5.74, 6) is 2.05. The van der Waals surface area contributed by atoms with E-state index in [9.17, 15) is 4.79 Å². The fourth-order valence-corrected chi connectivity index (χ4v) is 0.521. The first-order chi connectivity index (χ1) is 4.70. The van der Waals surface area contributed by atoms with Gasteiger partial charge in [0, 0.05) is 12.5 Å². The number of ether oxygens (including phenoxy) is 1. The van der Waals surface area contributed by atoms with Crippen LogP contribution in [0.5, 0.6) is 0 Å². The molecule has 0 saturated carbocycles. The maximum atomic E-state index is 10.5. The molecule has 0 aliphatic rings. The Labute approximate surface area is 60.5 Å². The van der Waals surface area contributed by atoms with Crippen LogP contribution in [0.15, 0.2) is 0 Å². The highest BCUT2D eigenvalue weighted by Crippen LogP contribution is 1.94. The van der Waals surface area contributed by atoms with Gasteiger partial charge in [-0.05, 0) is 0 Å². The van der Waals surface area contributed by atoms with Gasteiger partial charge < -0.3 is 10.5 Å². The molecule has 0 saturated heterocycles. The third-order valence-electron chi connectivity index (χ3n) is 1.04. The Hall–Kier alpha value is -1.01. The number of carbonyl (C=O) groups is 1. The Morgan fingerprint density at radius 2 is 2.50 bits per heavy atom. The van der Waals surface area contributed by atoms with Gasteiger partial charge in [0.1, 0.15) is 0 Å². The van der Waals surface area contributed by atoms with Crippen molar-refractivity contribution in [3.8, 4) is 12.3 Å². The summed E-state index contributed by atoms with van der Waals surface area (Å²) in [7, 11) is 1.32. The molecule has 56 valence electrons. The second-order valence-electron chi connectivity index (χ2n) is 1.95. The van der Waals surface area contributed by atoms with Crippen molar-refractivity contribution >= 4 is 5.97 Å². The average molecular weight is 141 g/mol. The van der Waals surface area contributed by atoms with Gasteiger partial charge in [-0.3, -0.25) is 4.79 Å². The summed E-state index contributed by atoms with van der Waals surface area (Å²) in [5, 5.41) is 0. The third-order valence-corrected chi connectivity index (χ3v) is 1.04. The maximum absolute atomic E-state index is 10.5. The van der Waals surface area contributed by atoms with Gasteiger partial charge in [0.2, 0.25) is 0 Å². The van der Waals surface area contributed by atoms with E-state index < -0.39 is 0 Å². The van der Waals surface area contributed by atoms with Crippen LogP contribution in [0.1, 0.15) is 12.8 Å². The van der Waals surface area contributed by atoms with Gasteiger partial charge in [-0.1, -0.05) is 0 Å². The van der Waals surface area contributed by atoms with Crippen LogP contribution < -0.4 is 5.73 Å². The van der Waals surface area contributed by atoms with Gasteiger partial charge in [0.25, 0.3) is 0 Å². The van der Waals surface area contributed by atoms with Crippen molar-refractivity contribution in [3.63, 3.8) is 0 Å². The van der Waals surface area contributed by atoms with Crippen LogP contribution in [-0.2, 0) is 9.53 Å². The summed E-state index contributed by atoms with van der Waals surface area (Å²) in [4.78, 5) is 10.5. The van der Waals surface area contributed by atoms with Crippen LogP contribution in [-0.4, -0.2) is 19.1 Å². The van der Waals surface area contributed by atoms with Crippen LogP contribution in [0.3, 0.4) is 0 Å². The first-order valence-electron chi connectivity index (χ1n) is 2.96. The van der Waals surface area contributed by atoms with Crippen molar-refractivity contribution in [1.82, 2.24) is 0 Å². The molecule has 1 unspecified atom stereocenters. The van der Waals surface area contributed by atoms with Gasteiger partial charge in [-0.15, -0.1) is 12.3 Å². The molecule has 0 spiro atoms. The second kappa shape index (κ2) is 4.83. The molecule has 0 fully saturated rings. The van der Waals surface area contributed by atoms with Crippen molar-refractivity contribution in [3.05, 3.63) is 0 Å². The first kappa shape index (κ1) is 8.99. The van der Waals surface area contributed by atoms with Gasteiger partial charge in [-0.25, -0.2) is 0 Å². The zero-order valence-electron chi connectivity index (χ0n) is 5.96. The zero-order chi connectivity index (χ0) is 7.98. The molecule has 2 N–H and O–H groups in total. The Morgan fingerprint density at radius 1 is 1.90 bits per heavy atom. The quantitative estimate of drug-likeness (QED) is 0.441. The smallest absolute Gasteiger partial charge is 0.307 e. The van der Waals surface area contributed by atoms with Gasteiger partial charge in [0.05, 0.1) is 13.5 Å². The summed E-state index contributed by atoms with van der Waals surface area (Å²) < 4.78 is 4.38. The number of hydrogen-bond acceptors (Lipinski definition) is 3. The fourth-order valence-electron chi connectivity index (χ4n) is 0.521. The van der Waals surface area contributed by atoms with E-state index in [2.05, 4.69) is 10.7 Å². The molecule has 0 heterocycles. The van der Waals surface area contributed by atoms with E-state index in [4.69, 9.17) is 12.2 Å². The minimum atomic E-state index is -0.317. The standard InChI is InChI=1S/C7H11NO2/c1-3-4-6(8)5-7(9)10-2/h1,6H,4-5,8H2,2H3. The van der Waals surface area contributed by atoms with E-state index >= 15 is 0 Å². The molecule has 0 aromatic rings. The van der Waals surface area contributed by atoms with Crippen molar-refractivity contribution in [1.29, 1.82) is 0 Å². The predicted molar refractivity (Wildman–Crippen MR) is 38.1 cm³/mol. The Balaban J connectivity index is 3.49. The molecule has 0 aromatic heterocycles. The normalized spacial score (nSPS) is 11.7. The number of esters is 1. The van der Waals surface area contributed by atoms with Crippen LogP contribution in [0.4, 0.5) is 0 Å². The van der Waals surface area contributed by atoms with Gasteiger partial charge >= 0.3 is 5.97 Å². The molecule has 0 amide bonds. The molecule has 3 nitrogen and oxygen atoms in total. The summed E-state index contributed by atoms with van der Waals surface area (Å²) in [6, 6.07) is -0.266. The molecule has 0 bridgehead atoms. The lowest BCUT2D eigenvalue weighted by molar-refractivity contribution is -0.140. The predicted octanol–water partition coefficient (Wildman–Crippen LogP) is -0.0999. The van der Waals surface area contributed by atoms with E-state index in [1.807, 2.05) is 0 Å². The molecule has 1 atom stereocenters. The summed E-state index contributed by atoms with van der Waals surface area (Å²) in [6.07, 6.45) is 5.57. The van der Waals surface area contributed by atoms with E-state index in [0.29, 0.717) is 6.42 Å². The molecule has 0 radical (unpaired) electrons. The zero-order valence-corrected chi connectivity index (χ0v) is 5.96. The second-order valence-corrected chi connectivity index (χ2v) is 1.95. The van der Waals surface area contributed by atoms with Crippen molar-refractivity contribution in [2.45, 2.75) is 18.9 Å². The van der Waals surface area contributed by atoms with E-state index in [1.165, 1.54) is 7.11 Å². The fraction of sp³-hybridized carbons (Fsp3) is 0.571. The Morgan fingerprint density at radius 3 is 2.90 bits per heavy atom. The number of hydrogen-bond donors (Lipinski definition) is 1. The maximum Gasteiger partial charge on any atom is 0.307 e. The SMILES string of the molecule is C#CCC(N)CC(=O)OC. The lowest BCUT2D eigenvalue weighted by Crippen LogP contribution is -2.23. The van der Waals surface area contributed by atoms with Crippen LogP contribution in [0, 0.1) is 12.3 Å². The molecule has 0 aliphatic carbocycles. The molecule has 0 aromatic carbocycles. The number of rotatable bonds is 3. The lowest BCUT2D eigenvalue weighted by Gasteiger charge is -2.04. The lowest BCUT2D eigenvalue weighted by atomic mass is 10.2. The number of methoxy groups -OCH3 is 1. The molecule has 3 heteroatoms. The highest BCUT2D eigenvalue weighted by Gasteiger charge is 2.06. The topological polar surface area (TPSA) is 52.3 Å². The Bertz CT molecular complexity index is 148. The van der Waals surface area contributed by atoms with E-state index in [0.717, 1.165) is 0 Å². The Kier molecular flexibility index (Phi) is 4.34.